The summed E-state index contributed by atoms with van der Waals surface area (Å²) in [6, 6.07) is 0. The van der Waals surface area contributed by atoms with E-state index in [1.165, 1.54) is 24.8 Å². The van der Waals surface area contributed by atoms with Crippen LogP contribution in [0, 0.1) is 22.7 Å². The zero-order valence-electron chi connectivity index (χ0n) is 13.7. The molecular weight excluding hydrogens is 272 g/mol. The zero-order chi connectivity index (χ0) is 15.5. The van der Waals surface area contributed by atoms with Crippen LogP contribution in [0.2, 0.25) is 0 Å². The molecule has 2 nitrogen and oxygen atoms in total. The van der Waals surface area contributed by atoms with Gasteiger partial charge in [0.05, 0.1) is 6.61 Å². The van der Waals surface area contributed by atoms with Gasteiger partial charge in [0.25, 0.3) is 0 Å². The number of aliphatic hydroxyl groups is 1. The average Bonchev–Trinajstić information content (AvgIpc) is 2.86. The van der Waals surface area contributed by atoms with Crippen molar-refractivity contribution in [1.29, 1.82) is 0 Å². The normalized spacial score (nSPS) is 43.6. The molecular formula is C20H26O2. The number of aliphatic hydroxyl groups excluding tert-OH is 1. The Kier molecular flexibility index (Phi) is 3.07. The van der Waals surface area contributed by atoms with Crippen LogP contribution < -0.4 is 0 Å². The smallest absolute Gasteiger partial charge is 0.178 e. The van der Waals surface area contributed by atoms with Crippen molar-refractivity contribution >= 4 is 5.78 Å². The summed E-state index contributed by atoms with van der Waals surface area (Å²) in [5.74, 6) is 1.46. The Bertz CT molecular complexity index is 624. The van der Waals surface area contributed by atoms with E-state index in [0.717, 1.165) is 19.3 Å². The van der Waals surface area contributed by atoms with Crippen LogP contribution in [0.25, 0.3) is 0 Å². The van der Waals surface area contributed by atoms with E-state index in [0.29, 0.717) is 18.4 Å². The highest BCUT2D eigenvalue weighted by molar-refractivity contribution is 6.01. The van der Waals surface area contributed by atoms with Gasteiger partial charge >= 0.3 is 0 Å². The van der Waals surface area contributed by atoms with E-state index in [4.69, 9.17) is 0 Å². The highest BCUT2D eigenvalue weighted by Crippen LogP contribution is 2.61. The van der Waals surface area contributed by atoms with E-state index < -0.39 is 0 Å². The monoisotopic (exact) mass is 298 g/mol. The van der Waals surface area contributed by atoms with Crippen LogP contribution >= 0.6 is 0 Å². The number of carbonyl (C=O) groups excluding carboxylic acids is 1. The zero-order valence-corrected chi connectivity index (χ0v) is 13.7. The minimum atomic E-state index is 0.0374. The fourth-order valence-corrected chi connectivity index (χ4v) is 5.73. The van der Waals surface area contributed by atoms with Gasteiger partial charge < -0.3 is 5.11 Å². The van der Waals surface area contributed by atoms with Gasteiger partial charge in [-0.2, -0.15) is 0 Å². The predicted octanol–water partition coefficient (Wildman–Crippen LogP) is 3.97. The van der Waals surface area contributed by atoms with Gasteiger partial charge in [0.1, 0.15) is 0 Å². The molecule has 1 saturated carbocycles. The van der Waals surface area contributed by atoms with Crippen LogP contribution in [0.4, 0.5) is 0 Å². The maximum Gasteiger partial charge on any atom is 0.178 e. The summed E-state index contributed by atoms with van der Waals surface area (Å²) < 4.78 is 0. The molecule has 1 fully saturated rings. The van der Waals surface area contributed by atoms with Crippen molar-refractivity contribution in [1.82, 2.24) is 0 Å². The van der Waals surface area contributed by atoms with Gasteiger partial charge in [-0.05, 0) is 62.5 Å². The molecule has 0 saturated heterocycles. The van der Waals surface area contributed by atoms with Crippen molar-refractivity contribution in [3.8, 4) is 0 Å². The van der Waals surface area contributed by atoms with E-state index in [9.17, 15) is 9.90 Å². The van der Waals surface area contributed by atoms with Gasteiger partial charge in [0.2, 0.25) is 0 Å². The lowest BCUT2D eigenvalue weighted by atomic mass is 9.53. The summed E-state index contributed by atoms with van der Waals surface area (Å²) in [6.45, 7) is 4.87. The fourth-order valence-electron chi connectivity index (χ4n) is 5.73. The Hall–Kier alpha value is -1.15. The van der Waals surface area contributed by atoms with Crippen LogP contribution in [0.3, 0.4) is 0 Å². The van der Waals surface area contributed by atoms with E-state index in [2.05, 4.69) is 19.9 Å². The first-order chi connectivity index (χ1) is 10.5. The van der Waals surface area contributed by atoms with Crippen molar-refractivity contribution < 1.29 is 9.90 Å². The van der Waals surface area contributed by atoms with Crippen LogP contribution in [-0.4, -0.2) is 17.5 Å². The summed E-state index contributed by atoms with van der Waals surface area (Å²) in [5, 5.41) is 9.84. The molecule has 22 heavy (non-hydrogen) atoms. The summed E-state index contributed by atoms with van der Waals surface area (Å²) in [7, 11) is 0. The van der Waals surface area contributed by atoms with Crippen molar-refractivity contribution in [2.45, 2.75) is 52.4 Å². The number of hydrogen-bond donors (Lipinski definition) is 1. The Morgan fingerprint density at radius 1 is 1.23 bits per heavy atom. The maximum absolute atomic E-state index is 11.7. The number of rotatable bonds is 1. The third-order valence-corrected chi connectivity index (χ3v) is 7.15. The van der Waals surface area contributed by atoms with Crippen molar-refractivity contribution in [2.75, 3.05) is 6.61 Å². The van der Waals surface area contributed by atoms with Gasteiger partial charge in [-0.3, -0.25) is 4.79 Å². The first-order valence-corrected chi connectivity index (χ1v) is 8.75. The summed E-state index contributed by atoms with van der Waals surface area (Å²) in [5.41, 5.74) is 4.71. The van der Waals surface area contributed by atoms with Gasteiger partial charge in [-0.25, -0.2) is 0 Å². The molecule has 4 aliphatic carbocycles. The molecule has 4 aliphatic rings. The average molecular weight is 298 g/mol. The molecule has 0 bridgehead atoms. The predicted molar refractivity (Wildman–Crippen MR) is 87.2 cm³/mol. The Balaban J connectivity index is 1.73. The SMILES string of the molecule is C[C@]1(CO)CCC2=C1CC[C@H]1[C@H]2CCC2=CC(=O)C=C[C@@]21C. The lowest BCUT2D eigenvalue weighted by Crippen LogP contribution is -2.42. The quantitative estimate of drug-likeness (QED) is 0.744. The highest BCUT2D eigenvalue weighted by Gasteiger charge is 2.51. The molecule has 0 unspecified atom stereocenters. The third kappa shape index (κ3) is 1.79. The first kappa shape index (κ1) is 14.4. The lowest BCUT2D eigenvalue weighted by Gasteiger charge is -2.51. The second kappa shape index (κ2) is 4.67. The van der Waals surface area contributed by atoms with Crippen molar-refractivity contribution in [2.24, 2.45) is 22.7 Å². The van der Waals surface area contributed by atoms with Crippen molar-refractivity contribution in [3.63, 3.8) is 0 Å². The number of fused-ring (bicyclic) bond motifs is 4. The molecule has 0 spiro atoms. The largest absolute Gasteiger partial charge is 0.395 e. The van der Waals surface area contributed by atoms with Gasteiger partial charge in [-0.1, -0.05) is 36.6 Å². The van der Waals surface area contributed by atoms with E-state index in [1.54, 1.807) is 17.2 Å². The molecule has 0 radical (unpaired) electrons. The van der Waals surface area contributed by atoms with Crippen LogP contribution in [0.1, 0.15) is 52.4 Å². The molecule has 4 rings (SSSR count). The van der Waals surface area contributed by atoms with Crippen LogP contribution in [0.5, 0.6) is 0 Å². The number of carbonyl (C=O) groups is 1. The standard InChI is InChI=1S/C20H26O2/c1-19(12-21)9-8-16-15-4-3-13-11-14(22)7-10-20(13,2)18(15)6-5-17(16)19/h7,10-11,15,18,21H,3-6,8-9,12H2,1-2H3/t15-,18-,19+,20-/m0/s1. The molecule has 2 heteroatoms. The van der Waals surface area contributed by atoms with Gasteiger partial charge in [-0.15, -0.1) is 0 Å². The molecule has 0 aromatic rings. The van der Waals surface area contributed by atoms with Gasteiger partial charge in [0.15, 0.2) is 5.78 Å². The number of hydrogen-bond acceptors (Lipinski definition) is 2. The van der Waals surface area contributed by atoms with Crippen molar-refractivity contribution in [3.05, 3.63) is 34.9 Å². The second-order valence-electron chi connectivity index (χ2n) is 8.20. The maximum atomic E-state index is 11.7. The Morgan fingerprint density at radius 3 is 2.82 bits per heavy atom. The van der Waals surface area contributed by atoms with E-state index >= 15 is 0 Å². The Labute approximate surface area is 133 Å². The minimum Gasteiger partial charge on any atom is -0.395 e. The topological polar surface area (TPSA) is 37.3 Å². The van der Waals surface area contributed by atoms with Gasteiger partial charge in [0, 0.05) is 10.8 Å². The summed E-state index contributed by atoms with van der Waals surface area (Å²) in [6.07, 6.45) is 12.7. The fraction of sp³-hybridized carbons (Fsp3) is 0.650. The number of ketones is 1. The van der Waals surface area contributed by atoms with Crippen LogP contribution in [0.15, 0.2) is 34.9 Å². The molecule has 4 atom stereocenters. The summed E-state index contributed by atoms with van der Waals surface area (Å²) in [4.78, 5) is 11.7. The third-order valence-electron chi connectivity index (χ3n) is 7.15. The molecule has 118 valence electrons. The first-order valence-electron chi connectivity index (χ1n) is 8.75. The second-order valence-corrected chi connectivity index (χ2v) is 8.20. The molecule has 0 aromatic heterocycles. The molecule has 1 N–H and O–H groups in total. The Morgan fingerprint density at radius 2 is 2.05 bits per heavy atom. The molecule has 0 heterocycles. The minimum absolute atomic E-state index is 0.0374. The highest BCUT2D eigenvalue weighted by atomic mass is 16.3. The molecule has 0 aromatic carbocycles. The number of allylic oxidation sites excluding steroid dienone is 5. The lowest BCUT2D eigenvalue weighted by molar-refractivity contribution is -0.110. The molecule has 0 amide bonds. The van der Waals surface area contributed by atoms with E-state index in [-0.39, 0.29) is 16.6 Å². The molecule has 0 aliphatic heterocycles. The van der Waals surface area contributed by atoms with E-state index in [1.807, 2.05) is 6.08 Å². The summed E-state index contributed by atoms with van der Waals surface area (Å²) >= 11 is 0. The van der Waals surface area contributed by atoms with Crippen LogP contribution in [-0.2, 0) is 4.79 Å².